The maximum Gasteiger partial charge on any atom is 0.0730 e. The molecule has 124 valence electrons. The molecule has 3 heteroatoms. The molecule has 0 amide bonds. The number of anilines is 2. The molecule has 5 rings (SSSR count). The molecular formula is C23H17N3. The summed E-state index contributed by atoms with van der Waals surface area (Å²) in [7, 11) is 0. The van der Waals surface area contributed by atoms with Gasteiger partial charge < -0.3 is 5.32 Å². The Balaban J connectivity index is 1.71. The molecule has 0 aliphatic carbocycles. The van der Waals surface area contributed by atoms with Gasteiger partial charge >= 0.3 is 0 Å². The van der Waals surface area contributed by atoms with Crippen LogP contribution in [0.4, 0.5) is 11.4 Å². The Morgan fingerprint density at radius 3 is 2.08 bits per heavy atom. The van der Waals surface area contributed by atoms with Crippen LogP contribution in [-0.4, -0.2) is 9.97 Å². The first-order valence-electron chi connectivity index (χ1n) is 8.70. The summed E-state index contributed by atoms with van der Waals surface area (Å²) in [6.07, 6.45) is 0. The lowest BCUT2D eigenvalue weighted by molar-refractivity contribution is 1.26. The molecule has 0 unspecified atom stereocenters. The van der Waals surface area contributed by atoms with E-state index in [4.69, 9.17) is 4.98 Å². The Labute approximate surface area is 151 Å². The number of nitrogens with zero attached hydrogens (tertiary/aromatic N) is 2. The molecule has 0 spiro atoms. The summed E-state index contributed by atoms with van der Waals surface area (Å²) in [5.74, 6) is 0. The number of pyridine rings is 2. The van der Waals surface area contributed by atoms with Crippen molar-refractivity contribution in [3.05, 3.63) is 84.6 Å². The van der Waals surface area contributed by atoms with Gasteiger partial charge in [-0.05, 0) is 43.3 Å². The quantitative estimate of drug-likeness (QED) is 0.403. The van der Waals surface area contributed by atoms with E-state index >= 15 is 0 Å². The van der Waals surface area contributed by atoms with Gasteiger partial charge in [0.1, 0.15) is 0 Å². The highest BCUT2D eigenvalue weighted by Crippen LogP contribution is 2.33. The fraction of sp³-hybridized carbons (Fsp3) is 0.0435. The minimum absolute atomic E-state index is 0.992. The van der Waals surface area contributed by atoms with E-state index in [1.807, 2.05) is 25.1 Å². The lowest BCUT2D eigenvalue weighted by Crippen LogP contribution is -1.95. The van der Waals surface area contributed by atoms with Gasteiger partial charge in [-0.1, -0.05) is 42.5 Å². The topological polar surface area (TPSA) is 37.8 Å². The fourth-order valence-electron chi connectivity index (χ4n) is 3.42. The second kappa shape index (κ2) is 5.81. The SMILES string of the molecule is Cc1ccc2cc(Nc3c4ccccc4nc4ccccc34)ccc2n1. The highest BCUT2D eigenvalue weighted by molar-refractivity contribution is 6.08. The van der Waals surface area contributed by atoms with Crippen molar-refractivity contribution in [2.75, 3.05) is 5.32 Å². The van der Waals surface area contributed by atoms with Crippen molar-refractivity contribution >= 4 is 44.1 Å². The normalized spacial score (nSPS) is 11.3. The van der Waals surface area contributed by atoms with Gasteiger partial charge in [-0.2, -0.15) is 0 Å². The zero-order chi connectivity index (χ0) is 17.5. The molecular weight excluding hydrogens is 318 g/mol. The van der Waals surface area contributed by atoms with E-state index in [0.717, 1.165) is 49.8 Å². The molecule has 1 N–H and O–H groups in total. The van der Waals surface area contributed by atoms with Crippen molar-refractivity contribution < 1.29 is 0 Å². The van der Waals surface area contributed by atoms with Gasteiger partial charge in [0.25, 0.3) is 0 Å². The maximum absolute atomic E-state index is 4.79. The van der Waals surface area contributed by atoms with Gasteiger partial charge in [-0.15, -0.1) is 0 Å². The van der Waals surface area contributed by atoms with E-state index < -0.39 is 0 Å². The van der Waals surface area contributed by atoms with Crippen molar-refractivity contribution in [3.8, 4) is 0 Å². The zero-order valence-corrected chi connectivity index (χ0v) is 14.4. The van der Waals surface area contributed by atoms with Crippen molar-refractivity contribution in [3.63, 3.8) is 0 Å². The summed E-state index contributed by atoms with van der Waals surface area (Å²) in [5.41, 5.74) is 6.16. The number of benzene rings is 3. The van der Waals surface area contributed by atoms with Gasteiger partial charge in [-0.25, -0.2) is 4.98 Å². The third-order valence-corrected chi connectivity index (χ3v) is 4.69. The predicted molar refractivity (Wildman–Crippen MR) is 109 cm³/mol. The van der Waals surface area contributed by atoms with Crippen molar-refractivity contribution in [2.24, 2.45) is 0 Å². The van der Waals surface area contributed by atoms with Gasteiger partial charge in [0.2, 0.25) is 0 Å². The molecule has 0 bridgehead atoms. The number of aryl methyl sites for hydroxylation is 1. The molecule has 0 saturated heterocycles. The number of rotatable bonds is 2. The predicted octanol–water partition coefficient (Wildman–Crippen LogP) is 5.99. The number of para-hydroxylation sites is 2. The number of hydrogen-bond acceptors (Lipinski definition) is 3. The highest BCUT2D eigenvalue weighted by atomic mass is 14.9. The first kappa shape index (κ1) is 14.8. The summed E-state index contributed by atoms with van der Waals surface area (Å²) < 4.78 is 0. The number of hydrogen-bond donors (Lipinski definition) is 1. The Morgan fingerprint density at radius 2 is 1.35 bits per heavy atom. The van der Waals surface area contributed by atoms with Gasteiger partial charge in [0, 0.05) is 27.5 Å². The lowest BCUT2D eigenvalue weighted by Gasteiger charge is -2.14. The van der Waals surface area contributed by atoms with Crippen LogP contribution in [0.5, 0.6) is 0 Å². The molecule has 0 aliphatic heterocycles. The van der Waals surface area contributed by atoms with Crippen LogP contribution in [0.15, 0.2) is 78.9 Å². The molecule has 0 aliphatic rings. The molecule has 0 fully saturated rings. The molecule has 2 heterocycles. The largest absolute Gasteiger partial charge is 0.354 e. The second-order valence-electron chi connectivity index (χ2n) is 6.51. The van der Waals surface area contributed by atoms with Crippen molar-refractivity contribution in [1.82, 2.24) is 9.97 Å². The van der Waals surface area contributed by atoms with Crippen LogP contribution in [0, 0.1) is 6.92 Å². The summed E-state index contributed by atoms with van der Waals surface area (Å²) in [6, 6.07) is 27.0. The number of aromatic nitrogens is 2. The highest BCUT2D eigenvalue weighted by Gasteiger charge is 2.09. The number of nitrogens with one attached hydrogen (secondary N) is 1. The molecule has 3 aromatic carbocycles. The Bertz CT molecular complexity index is 1220. The number of fused-ring (bicyclic) bond motifs is 3. The summed E-state index contributed by atoms with van der Waals surface area (Å²) in [6.45, 7) is 2.01. The molecule has 0 saturated carbocycles. The fourth-order valence-corrected chi connectivity index (χ4v) is 3.42. The molecule has 26 heavy (non-hydrogen) atoms. The average Bonchev–Trinajstić information content (AvgIpc) is 2.68. The summed E-state index contributed by atoms with van der Waals surface area (Å²) in [5, 5.41) is 6.99. The van der Waals surface area contributed by atoms with E-state index in [-0.39, 0.29) is 0 Å². The van der Waals surface area contributed by atoms with Crippen molar-refractivity contribution in [1.29, 1.82) is 0 Å². The van der Waals surface area contributed by atoms with E-state index in [9.17, 15) is 0 Å². The molecule has 2 aromatic heterocycles. The Hall–Kier alpha value is -3.46. The van der Waals surface area contributed by atoms with E-state index in [0.29, 0.717) is 0 Å². The van der Waals surface area contributed by atoms with E-state index in [1.165, 1.54) is 0 Å². The van der Waals surface area contributed by atoms with E-state index in [2.05, 4.69) is 71.0 Å². The summed E-state index contributed by atoms with van der Waals surface area (Å²) >= 11 is 0. The zero-order valence-electron chi connectivity index (χ0n) is 14.4. The third kappa shape index (κ3) is 2.45. The second-order valence-corrected chi connectivity index (χ2v) is 6.51. The molecule has 0 radical (unpaired) electrons. The van der Waals surface area contributed by atoms with E-state index in [1.54, 1.807) is 0 Å². The molecule has 5 aromatic rings. The minimum atomic E-state index is 0.992. The van der Waals surface area contributed by atoms with Crippen LogP contribution in [0.2, 0.25) is 0 Å². The smallest absolute Gasteiger partial charge is 0.0730 e. The Morgan fingerprint density at radius 1 is 0.654 bits per heavy atom. The summed E-state index contributed by atoms with van der Waals surface area (Å²) in [4.78, 5) is 9.38. The van der Waals surface area contributed by atoms with Crippen LogP contribution >= 0.6 is 0 Å². The Kier molecular flexibility index (Phi) is 3.32. The van der Waals surface area contributed by atoms with Gasteiger partial charge in [0.05, 0.1) is 22.2 Å². The van der Waals surface area contributed by atoms with Crippen LogP contribution in [-0.2, 0) is 0 Å². The minimum Gasteiger partial charge on any atom is -0.354 e. The van der Waals surface area contributed by atoms with Crippen LogP contribution in [0.25, 0.3) is 32.7 Å². The van der Waals surface area contributed by atoms with Crippen molar-refractivity contribution in [2.45, 2.75) is 6.92 Å². The van der Waals surface area contributed by atoms with Gasteiger partial charge in [0.15, 0.2) is 0 Å². The lowest BCUT2D eigenvalue weighted by atomic mass is 10.1. The maximum atomic E-state index is 4.79. The van der Waals surface area contributed by atoms with Crippen LogP contribution in [0.1, 0.15) is 5.69 Å². The van der Waals surface area contributed by atoms with Crippen LogP contribution in [0.3, 0.4) is 0 Å². The third-order valence-electron chi connectivity index (χ3n) is 4.69. The van der Waals surface area contributed by atoms with Gasteiger partial charge in [-0.3, -0.25) is 4.98 Å². The first-order chi connectivity index (χ1) is 12.8. The molecule has 3 nitrogen and oxygen atoms in total. The molecule has 0 atom stereocenters. The first-order valence-corrected chi connectivity index (χ1v) is 8.70. The van der Waals surface area contributed by atoms with Crippen LogP contribution < -0.4 is 5.32 Å². The standard InChI is InChI=1S/C23H17N3/c1-15-10-11-16-14-17(12-13-20(16)24-15)25-23-18-6-2-4-8-21(18)26-22-9-5-3-7-19(22)23/h2-14H,1H3,(H,25,26). The monoisotopic (exact) mass is 335 g/mol. The average molecular weight is 335 g/mol.